The molecule has 1 aliphatic heterocycles. The third-order valence-electron chi connectivity index (χ3n) is 5.51. The van der Waals surface area contributed by atoms with Gasteiger partial charge in [-0.2, -0.15) is 0 Å². The molecule has 4 rings (SSSR count). The molecule has 1 fully saturated rings. The van der Waals surface area contributed by atoms with Crippen LogP contribution in [0.5, 0.6) is 5.75 Å². The number of likely N-dealkylation sites (tertiary alicyclic amines) is 1. The normalized spacial score (nSPS) is 14.7. The van der Waals surface area contributed by atoms with E-state index in [-0.39, 0.29) is 17.7 Å². The fourth-order valence-electron chi connectivity index (χ4n) is 3.67. The number of nitrogens with zero attached hydrogens (tertiary/aromatic N) is 2. The Hall–Kier alpha value is -3.51. The largest absolute Gasteiger partial charge is 0.490 e. The van der Waals surface area contributed by atoms with E-state index in [4.69, 9.17) is 4.74 Å². The van der Waals surface area contributed by atoms with Crippen LogP contribution in [0, 0.1) is 4.91 Å². The third-order valence-corrected chi connectivity index (χ3v) is 5.51. The second kappa shape index (κ2) is 9.53. The van der Waals surface area contributed by atoms with Crippen molar-refractivity contribution in [1.29, 1.82) is 0 Å². The van der Waals surface area contributed by atoms with Gasteiger partial charge in [-0.1, -0.05) is 30.3 Å². The Morgan fingerprint density at radius 3 is 2.26 bits per heavy atom. The van der Waals surface area contributed by atoms with E-state index in [9.17, 15) is 9.70 Å². The van der Waals surface area contributed by atoms with Gasteiger partial charge in [0.2, 0.25) is 0 Å². The molecule has 1 N–H and O–H groups in total. The number of ether oxygens (including phenoxy) is 1. The van der Waals surface area contributed by atoms with Crippen LogP contribution in [0.25, 0.3) is 11.1 Å². The smallest absolute Gasteiger partial charge is 0.255 e. The SMILES string of the molecule is CN1CCC(Oc2ccc(-c3ccc(NC(=O)c4cccc(N=O)c4)cc3)cc2)CC1. The Morgan fingerprint density at radius 2 is 1.61 bits per heavy atom. The lowest BCUT2D eigenvalue weighted by Crippen LogP contribution is -2.35. The lowest BCUT2D eigenvalue weighted by Gasteiger charge is -2.29. The average Bonchev–Trinajstić information content (AvgIpc) is 2.81. The summed E-state index contributed by atoms with van der Waals surface area (Å²) >= 11 is 0. The molecular weight excluding hydrogens is 390 g/mol. The van der Waals surface area contributed by atoms with Gasteiger partial charge in [0.1, 0.15) is 17.5 Å². The Kier molecular flexibility index (Phi) is 6.38. The van der Waals surface area contributed by atoms with E-state index in [0.717, 1.165) is 42.8 Å². The van der Waals surface area contributed by atoms with Gasteiger partial charge >= 0.3 is 0 Å². The van der Waals surface area contributed by atoms with E-state index >= 15 is 0 Å². The molecule has 0 atom stereocenters. The first-order valence-electron chi connectivity index (χ1n) is 10.4. The topological polar surface area (TPSA) is 71.0 Å². The summed E-state index contributed by atoms with van der Waals surface area (Å²) in [5.74, 6) is 0.614. The molecule has 1 heterocycles. The van der Waals surface area contributed by atoms with E-state index in [1.807, 2.05) is 36.4 Å². The number of anilines is 1. The first kappa shape index (κ1) is 20.8. The van der Waals surface area contributed by atoms with Crippen LogP contribution in [-0.2, 0) is 0 Å². The molecule has 31 heavy (non-hydrogen) atoms. The summed E-state index contributed by atoms with van der Waals surface area (Å²) in [6, 6.07) is 22.1. The van der Waals surface area contributed by atoms with Crippen LogP contribution < -0.4 is 10.1 Å². The summed E-state index contributed by atoms with van der Waals surface area (Å²) < 4.78 is 6.12. The molecular formula is C25H25N3O3. The van der Waals surface area contributed by atoms with Crippen molar-refractivity contribution < 1.29 is 9.53 Å². The summed E-state index contributed by atoms with van der Waals surface area (Å²) in [6.45, 7) is 2.15. The van der Waals surface area contributed by atoms with Gasteiger partial charge in [0.15, 0.2) is 0 Å². The van der Waals surface area contributed by atoms with Crippen LogP contribution in [0.15, 0.2) is 78.0 Å². The van der Waals surface area contributed by atoms with E-state index in [2.05, 4.69) is 34.6 Å². The van der Waals surface area contributed by atoms with Crippen LogP contribution in [-0.4, -0.2) is 37.0 Å². The summed E-state index contributed by atoms with van der Waals surface area (Å²) in [6.07, 6.45) is 2.40. The quantitative estimate of drug-likeness (QED) is 0.542. The van der Waals surface area contributed by atoms with Gasteiger partial charge in [-0.05, 0) is 78.7 Å². The highest BCUT2D eigenvalue weighted by Gasteiger charge is 2.17. The third kappa shape index (κ3) is 5.35. The van der Waals surface area contributed by atoms with Crippen LogP contribution in [0.1, 0.15) is 23.2 Å². The average molecular weight is 415 g/mol. The Morgan fingerprint density at radius 1 is 0.968 bits per heavy atom. The minimum Gasteiger partial charge on any atom is -0.490 e. The number of benzene rings is 3. The Bertz CT molecular complexity index is 1040. The maximum Gasteiger partial charge on any atom is 0.255 e. The van der Waals surface area contributed by atoms with Gasteiger partial charge < -0.3 is 15.0 Å². The molecule has 0 aromatic heterocycles. The number of carbonyl (C=O) groups is 1. The molecule has 1 saturated heterocycles. The predicted molar refractivity (Wildman–Crippen MR) is 123 cm³/mol. The van der Waals surface area contributed by atoms with Gasteiger partial charge in [-0.15, -0.1) is 4.91 Å². The summed E-state index contributed by atoms with van der Waals surface area (Å²) in [7, 11) is 2.14. The molecule has 1 aliphatic rings. The zero-order chi connectivity index (χ0) is 21.6. The van der Waals surface area contributed by atoms with Crippen LogP contribution in [0.2, 0.25) is 0 Å². The van der Waals surface area contributed by atoms with Crippen LogP contribution in [0.3, 0.4) is 0 Å². The molecule has 0 spiro atoms. The lowest BCUT2D eigenvalue weighted by atomic mass is 10.0. The van der Waals surface area contributed by atoms with Gasteiger partial charge in [0, 0.05) is 24.3 Å². The molecule has 0 aliphatic carbocycles. The van der Waals surface area contributed by atoms with Gasteiger partial charge in [0.05, 0.1) is 0 Å². The minimum atomic E-state index is -0.284. The van der Waals surface area contributed by atoms with Gasteiger partial charge in [-0.25, -0.2) is 0 Å². The van der Waals surface area contributed by atoms with E-state index in [1.54, 1.807) is 18.2 Å². The first-order chi connectivity index (χ1) is 15.1. The first-order valence-corrected chi connectivity index (χ1v) is 10.4. The minimum absolute atomic E-state index is 0.228. The highest BCUT2D eigenvalue weighted by Crippen LogP contribution is 2.26. The van der Waals surface area contributed by atoms with Gasteiger partial charge in [-0.3, -0.25) is 4.79 Å². The number of carbonyl (C=O) groups excluding carboxylic acids is 1. The molecule has 158 valence electrons. The fraction of sp³-hybridized carbons (Fsp3) is 0.240. The molecule has 3 aromatic carbocycles. The second-order valence-corrected chi connectivity index (χ2v) is 7.82. The van der Waals surface area contributed by atoms with Crippen molar-refractivity contribution in [2.45, 2.75) is 18.9 Å². The number of piperidine rings is 1. The van der Waals surface area contributed by atoms with Crippen LogP contribution >= 0.6 is 0 Å². The standard InChI is InChI=1S/C25H25N3O3/c1-28-15-13-24(14-16-28)31-23-11-7-19(8-12-23)18-5-9-21(10-6-18)26-25(29)20-3-2-4-22(17-20)27-30/h2-12,17,24H,13-16H2,1H3,(H,26,29). The maximum absolute atomic E-state index is 12.4. The lowest BCUT2D eigenvalue weighted by molar-refractivity contribution is 0.102. The molecule has 0 saturated carbocycles. The number of amides is 1. The number of hydrogen-bond donors (Lipinski definition) is 1. The molecule has 0 radical (unpaired) electrons. The molecule has 1 amide bonds. The molecule has 0 unspecified atom stereocenters. The van der Waals surface area contributed by atoms with Crippen molar-refractivity contribution in [2.75, 3.05) is 25.5 Å². The predicted octanol–water partition coefficient (Wildman–Crippen LogP) is 5.48. The summed E-state index contributed by atoms with van der Waals surface area (Å²) in [5, 5.41) is 5.71. The number of nitrogens with one attached hydrogen (secondary N) is 1. The van der Waals surface area contributed by atoms with Crippen molar-refractivity contribution in [2.24, 2.45) is 5.18 Å². The number of hydrogen-bond acceptors (Lipinski definition) is 5. The number of nitroso groups, excluding NO2 is 1. The Balaban J connectivity index is 1.37. The summed E-state index contributed by atoms with van der Waals surface area (Å²) in [4.78, 5) is 25.4. The molecule has 6 nitrogen and oxygen atoms in total. The fourth-order valence-corrected chi connectivity index (χ4v) is 3.67. The van der Waals surface area contributed by atoms with Gasteiger partial charge in [0.25, 0.3) is 5.91 Å². The highest BCUT2D eigenvalue weighted by molar-refractivity contribution is 6.04. The zero-order valence-corrected chi connectivity index (χ0v) is 17.5. The van der Waals surface area contributed by atoms with Crippen molar-refractivity contribution in [3.8, 4) is 16.9 Å². The maximum atomic E-state index is 12.4. The molecule has 0 bridgehead atoms. The monoisotopic (exact) mass is 415 g/mol. The number of rotatable bonds is 6. The van der Waals surface area contributed by atoms with Crippen molar-refractivity contribution >= 4 is 17.3 Å². The van der Waals surface area contributed by atoms with Crippen molar-refractivity contribution in [1.82, 2.24) is 4.90 Å². The van der Waals surface area contributed by atoms with E-state index in [0.29, 0.717) is 11.3 Å². The van der Waals surface area contributed by atoms with E-state index < -0.39 is 0 Å². The zero-order valence-electron chi connectivity index (χ0n) is 17.5. The van der Waals surface area contributed by atoms with Crippen molar-refractivity contribution in [3.05, 3.63) is 83.3 Å². The Labute approximate surface area is 181 Å². The van der Waals surface area contributed by atoms with E-state index in [1.165, 1.54) is 6.07 Å². The summed E-state index contributed by atoms with van der Waals surface area (Å²) in [5.41, 5.74) is 3.43. The highest BCUT2D eigenvalue weighted by atomic mass is 16.5. The molecule has 6 heteroatoms. The van der Waals surface area contributed by atoms with Crippen LogP contribution in [0.4, 0.5) is 11.4 Å². The molecule has 3 aromatic rings. The second-order valence-electron chi connectivity index (χ2n) is 7.82. The van der Waals surface area contributed by atoms with Crippen molar-refractivity contribution in [3.63, 3.8) is 0 Å².